The van der Waals surface area contributed by atoms with E-state index in [9.17, 15) is 5.11 Å². The van der Waals surface area contributed by atoms with Gasteiger partial charge in [0.05, 0.1) is 12.7 Å². The van der Waals surface area contributed by atoms with E-state index in [1.54, 1.807) is 21.0 Å². The molecule has 1 aromatic carbocycles. The molecule has 0 fully saturated rings. The number of ether oxygens (including phenoxy) is 1. The summed E-state index contributed by atoms with van der Waals surface area (Å²) in [5.74, 6) is 0.848. The van der Waals surface area contributed by atoms with Gasteiger partial charge in [-0.05, 0) is 44.5 Å². The lowest BCUT2D eigenvalue weighted by atomic mass is 10.1. The first-order chi connectivity index (χ1) is 6.92. The summed E-state index contributed by atoms with van der Waals surface area (Å²) in [7, 11) is 1.65. The van der Waals surface area contributed by atoms with Crippen LogP contribution in [0.1, 0.15) is 19.4 Å². The molecule has 0 aromatic heterocycles. The summed E-state index contributed by atoms with van der Waals surface area (Å²) >= 11 is 0. The molecule has 0 spiro atoms. The fourth-order valence-electron chi connectivity index (χ4n) is 1.27. The van der Waals surface area contributed by atoms with Crippen LogP contribution >= 0.6 is 0 Å². The van der Waals surface area contributed by atoms with Gasteiger partial charge in [-0.15, -0.1) is 0 Å². The van der Waals surface area contributed by atoms with Crippen LogP contribution < -0.4 is 10.1 Å². The number of aliphatic hydroxyl groups is 1. The van der Waals surface area contributed by atoms with Gasteiger partial charge in [0.25, 0.3) is 0 Å². The van der Waals surface area contributed by atoms with Crippen molar-refractivity contribution in [2.24, 2.45) is 0 Å². The Morgan fingerprint density at radius 1 is 1.40 bits per heavy atom. The Morgan fingerprint density at radius 3 is 2.53 bits per heavy atom. The van der Waals surface area contributed by atoms with Crippen LogP contribution in [0.4, 0.5) is 5.69 Å². The molecule has 0 amide bonds. The summed E-state index contributed by atoms with van der Waals surface area (Å²) in [6, 6.07) is 5.83. The third-order valence-electron chi connectivity index (χ3n) is 2.15. The van der Waals surface area contributed by atoms with Crippen molar-refractivity contribution in [1.29, 1.82) is 0 Å². The van der Waals surface area contributed by atoms with Crippen LogP contribution in [0.3, 0.4) is 0 Å². The van der Waals surface area contributed by atoms with E-state index < -0.39 is 5.60 Å². The van der Waals surface area contributed by atoms with Crippen molar-refractivity contribution in [2.75, 3.05) is 19.0 Å². The molecule has 0 unspecified atom stereocenters. The number of hydrogen-bond donors (Lipinski definition) is 2. The van der Waals surface area contributed by atoms with Gasteiger partial charge in [0.2, 0.25) is 0 Å². The van der Waals surface area contributed by atoms with Gasteiger partial charge in [0, 0.05) is 12.2 Å². The van der Waals surface area contributed by atoms with Crippen LogP contribution in [0.25, 0.3) is 0 Å². The monoisotopic (exact) mass is 209 g/mol. The zero-order valence-electron chi connectivity index (χ0n) is 9.79. The highest BCUT2D eigenvalue weighted by Crippen LogP contribution is 2.21. The maximum absolute atomic E-state index is 9.58. The number of anilines is 1. The summed E-state index contributed by atoms with van der Waals surface area (Å²) in [5.41, 5.74) is 1.43. The average molecular weight is 209 g/mol. The van der Waals surface area contributed by atoms with E-state index >= 15 is 0 Å². The Balaban J connectivity index is 2.70. The molecule has 0 saturated heterocycles. The predicted molar refractivity (Wildman–Crippen MR) is 62.5 cm³/mol. The fraction of sp³-hybridized carbons (Fsp3) is 0.500. The van der Waals surface area contributed by atoms with Crippen molar-refractivity contribution in [1.82, 2.24) is 0 Å². The van der Waals surface area contributed by atoms with E-state index in [0.29, 0.717) is 6.54 Å². The van der Waals surface area contributed by atoms with Crippen molar-refractivity contribution in [2.45, 2.75) is 26.4 Å². The minimum absolute atomic E-state index is 0.528. The first-order valence-electron chi connectivity index (χ1n) is 5.03. The molecule has 3 heteroatoms. The summed E-state index contributed by atoms with van der Waals surface area (Å²) < 4.78 is 5.12. The van der Waals surface area contributed by atoms with Crippen molar-refractivity contribution >= 4 is 5.69 Å². The number of rotatable bonds is 4. The molecular weight excluding hydrogens is 190 g/mol. The van der Waals surface area contributed by atoms with Gasteiger partial charge in [-0.3, -0.25) is 0 Å². The number of hydrogen-bond acceptors (Lipinski definition) is 3. The van der Waals surface area contributed by atoms with Crippen molar-refractivity contribution in [3.63, 3.8) is 0 Å². The summed E-state index contributed by atoms with van der Waals surface area (Å²) in [6.07, 6.45) is 0. The zero-order chi connectivity index (χ0) is 11.5. The Hall–Kier alpha value is -1.22. The topological polar surface area (TPSA) is 41.5 Å². The Kier molecular flexibility index (Phi) is 3.58. The molecule has 0 atom stereocenters. The smallest absolute Gasteiger partial charge is 0.119 e. The highest BCUT2D eigenvalue weighted by atomic mass is 16.5. The van der Waals surface area contributed by atoms with Gasteiger partial charge in [-0.1, -0.05) is 0 Å². The second-order valence-electron chi connectivity index (χ2n) is 4.35. The molecule has 1 rings (SSSR count). The van der Waals surface area contributed by atoms with E-state index in [-0.39, 0.29) is 0 Å². The minimum Gasteiger partial charge on any atom is -0.497 e. The van der Waals surface area contributed by atoms with Crippen LogP contribution in [0.2, 0.25) is 0 Å². The lowest BCUT2D eigenvalue weighted by Gasteiger charge is -2.19. The van der Waals surface area contributed by atoms with Gasteiger partial charge in [-0.2, -0.15) is 0 Å². The van der Waals surface area contributed by atoms with E-state index in [1.807, 2.05) is 25.1 Å². The van der Waals surface area contributed by atoms with Gasteiger partial charge in [0.1, 0.15) is 5.75 Å². The van der Waals surface area contributed by atoms with Crippen molar-refractivity contribution in [3.8, 4) is 5.75 Å². The van der Waals surface area contributed by atoms with Crippen LogP contribution in [-0.4, -0.2) is 24.4 Å². The molecule has 0 bridgehead atoms. The van der Waals surface area contributed by atoms with Crippen LogP contribution in [-0.2, 0) is 0 Å². The molecule has 0 aliphatic carbocycles. The van der Waals surface area contributed by atoms with Gasteiger partial charge in [-0.25, -0.2) is 0 Å². The maximum atomic E-state index is 9.58. The SMILES string of the molecule is COc1ccc(NCC(C)(C)O)c(C)c1. The van der Waals surface area contributed by atoms with Crippen LogP contribution in [0.15, 0.2) is 18.2 Å². The molecule has 15 heavy (non-hydrogen) atoms. The molecule has 0 heterocycles. The molecule has 0 aliphatic heterocycles. The van der Waals surface area contributed by atoms with Crippen LogP contribution in [0.5, 0.6) is 5.75 Å². The molecule has 1 aromatic rings. The first-order valence-corrected chi connectivity index (χ1v) is 5.03. The number of methoxy groups -OCH3 is 1. The Morgan fingerprint density at radius 2 is 2.07 bits per heavy atom. The predicted octanol–water partition coefficient (Wildman–Crippen LogP) is 2.19. The summed E-state index contributed by atoms with van der Waals surface area (Å²) in [6.45, 7) is 6.09. The first kappa shape index (κ1) is 11.9. The van der Waals surface area contributed by atoms with E-state index in [0.717, 1.165) is 17.0 Å². The summed E-state index contributed by atoms with van der Waals surface area (Å²) in [5, 5.41) is 12.8. The highest BCUT2D eigenvalue weighted by molar-refractivity contribution is 5.53. The third-order valence-corrected chi connectivity index (χ3v) is 2.15. The standard InChI is InChI=1S/C12H19NO2/c1-9-7-10(15-4)5-6-11(9)13-8-12(2,3)14/h5-7,13-14H,8H2,1-4H3. The lowest BCUT2D eigenvalue weighted by Crippen LogP contribution is -2.29. The normalized spacial score (nSPS) is 11.3. The van der Waals surface area contributed by atoms with Gasteiger partial charge < -0.3 is 15.2 Å². The van der Waals surface area contributed by atoms with E-state index in [4.69, 9.17) is 4.74 Å². The van der Waals surface area contributed by atoms with Gasteiger partial charge in [0.15, 0.2) is 0 Å². The molecule has 0 radical (unpaired) electrons. The Bertz CT molecular complexity index is 329. The van der Waals surface area contributed by atoms with E-state index in [1.165, 1.54) is 0 Å². The number of nitrogens with one attached hydrogen (secondary N) is 1. The molecular formula is C12H19NO2. The zero-order valence-corrected chi connectivity index (χ0v) is 9.79. The number of aryl methyl sites for hydroxylation is 1. The molecule has 0 saturated carbocycles. The third kappa shape index (κ3) is 3.80. The van der Waals surface area contributed by atoms with Crippen LogP contribution in [0, 0.1) is 6.92 Å². The minimum atomic E-state index is -0.702. The quantitative estimate of drug-likeness (QED) is 0.798. The average Bonchev–Trinajstić information content (AvgIpc) is 2.14. The highest BCUT2D eigenvalue weighted by Gasteiger charge is 2.12. The molecule has 3 nitrogen and oxygen atoms in total. The molecule has 0 aliphatic rings. The van der Waals surface area contributed by atoms with E-state index in [2.05, 4.69) is 5.32 Å². The van der Waals surface area contributed by atoms with Crippen molar-refractivity contribution in [3.05, 3.63) is 23.8 Å². The lowest BCUT2D eigenvalue weighted by molar-refractivity contribution is 0.0945. The maximum Gasteiger partial charge on any atom is 0.119 e. The Labute approximate surface area is 91.1 Å². The molecule has 2 N–H and O–H groups in total. The summed E-state index contributed by atoms with van der Waals surface area (Å²) in [4.78, 5) is 0. The second-order valence-corrected chi connectivity index (χ2v) is 4.35. The fourth-order valence-corrected chi connectivity index (χ4v) is 1.27. The van der Waals surface area contributed by atoms with Gasteiger partial charge >= 0.3 is 0 Å². The largest absolute Gasteiger partial charge is 0.497 e. The van der Waals surface area contributed by atoms with Crippen molar-refractivity contribution < 1.29 is 9.84 Å². The molecule has 84 valence electrons. The second kappa shape index (κ2) is 4.53. The number of benzene rings is 1.